The Bertz CT molecular complexity index is 239. The minimum absolute atomic E-state index is 0.299. The molecule has 0 spiro atoms. The Labute approximate surface area is 71.2 Å². The lowest BCUT2D eigenvalue weighted by Crippen LogP contribution is -2.31. The minimum atomic E-state index is -0.577. The lowest BCUT2D eigenvalue weighted by Gasteiger charge is -2.04. The third-order valence-electron chi connectivity index (χ3n) is 1.15. The third-order valence-corrected chi connectivity index (χ3v) is 3.49. The minimum Gasteiger partial charge on any atom is -0.368 e. The van der Waals surface area contributed by atoms with Crippen molar-refractivity contribution in [3.05, 3.63) is 11.0 Å². The molecular weight excluding hydrogens is 184 g/mol. The topological polar surface area (TPSA) is 86.2 Å². The first kappa shape index (κ1) is 8.48. The van der Waals surface area contributed by atoms with Gasteiger partial charge in [-0.25, -0.2) is 0 Å². The summed E-state index contributed by atoms with van der Waals surface area (Å²) in [6, 6.07) is 0. The van der Waals surface area contributed by atoms with Gasteiger partial charge in [0.2, 0.25) is 11.8 Å². The molecule has 0 saturated carbocycles. The Morgan fingerprint density at radius 3 is 2.45 bits per heavy atom. The molecular formula is C5H6N2O2S2. The fourth-order valence-electron chi connectivity index (χ4n) is 0.637. The second-order valence-electron chi connectivity index (χ2n) is 1.91. The van der Waals surface area contributed by atoms with Gasteiger partial charge >= 0.3 is 0 Å². The van der Waals surface area contributed by atoms with E-state index in [2.05, 4.69) is 0 Å². The van der Waals surface area contributed by atoms with Crippen molar-refractivity contribution in [2.24, 2.45) is 11.5 Å². The van der Waals surface area contributed by atoms with Gasteiger partial charge in [-0.05, 0) is 5.41 Å². The van der Waals surface area contributed by atoms with Crippen LogP contribution in [0, 0.1) is 0 Å². The molecule has 4 nitrogen and oxygen atoms in total. The summed E-state index contributed by atoms with van der Waals surface area (Å²) >= 11 is 0. The number of nitrogens with two attached hydrogens (primary N) is 2. The maximum atomic E-state index is 10.7. The highest BCUT2D eigenvalue weighted by atomic mass is 33.1. The van der Waals surface area contributed by atoms with Gasteiger partial charge in [0.05, 0.1) is 0 Å². The summed E-state index contributed by atoms with van der Waals surface area (Å²) < 4.78 is 0. The van der Waals surface area contributed by atoms with E-state index in [1.807, 2.05) is 0 Å². The van der Waals surface area contributed by atoms with Crippen molar-refractivity contribution < 1.29 is 9.59 Å². The number of rotatable bonds is 2. The molecule has 0 bridgehead atoms. The van der Waals surface area contributed by atoms with Crippen LogP contribution < -0.4 is 11.5 Å². The van der Waals surface area contributed by atoms with Gasteiger partial charge < -0.3 is 11.5 Å². The van der Waals surface area contributed by atoms with Crippen LogP contribution in [0.1, 0.15) is 0 Å². The largest absolute Gasteiger partial charge is 0.368 e. The molecule has 6 heteroatoms. The van der Waals surface area contributed by atoms with Crippen LogP contribution in [0.25, 0.3) is 0 Å². The number of primary amides is 2. The second kappa shape index (κ2) is 3.19. The smallest absolute Gasteiger partial charge is 0.246 e. The van der Waals surface area contributed by atoms with Crippen LogP contribution >= 0.6 is 21.6 Å². The lowest BCUT2D eigenvalue weighted by atomic mass is 10.2. The Morgan fingerprint density at radius 1 is 1.45 bits per heavy atom. The Hall–Kier alpha value is -0.620. The maximum absolute atomic E-state index is 10.7. The summed E-state index contributed by atoms with van der Waals surface area (Å²) in [7, 11) is 2.54. The molecule has 0 aliphatic carbocycles. The maximum Gasteiger partial charge on any atom is 0.246 e. The van der Waals surface area contributed by atoms with E-state index in [-0.39, 0.29) is 0 Å². The number of hydrogen-bond acceptors (Lipinski definition) is 4. The predicted octanol–water partition coefficient (Wildman–Crippen LogP) is -0.396. The SMILES string of the molecule is NC(=O)C1=CSSC1C(N)=O. The van der Waals surface area contributed by atoms with Crippen LogP contribution in [0.5, 0.6) is 0 Å². The van der Waals surface area contributed by atoms with Gasteiger partial charge in [-0.3, -0.25) is 9.59 Å². The Morgan fingerprint density at radius 2 is 2.09 bits per heavy atom. The third kappa shape index (κ3) is 1.69. The van der Waals surface area contributed by atoms with E-state index < -0.39 is 17.1 Å². The first-order chi connectivity index (χ1) is 5.13. The zero-order chi connectivity index (χ0) is 8.43. The van der Waals surface area contributed by atoms with Gasteiger partial charge in [-0.2, -0.15) is 0 Å². The van der Waals surface area contributed by atoms with Gasteiger partial charge in [0.15, 0.2) is 0 Å². The van der Waals surface area contributed by atoms with E-state index in [4.69, 9.17) is 11.5 Å². The summed E-state index contributed by atoms with van der Waals surface area (Å²) in [6.45, 7) is 0. The van der Waals surface area contributed by atoms with Crippen LogP contribution in [0.15, 0.2) is 11.0 Å². The van der Waals surface area contributed by atoms with Crippen molar-refractivity contribution in [1.82, 2.24) is 0 Å². The molecule has 1 unspecified atom stereocenters. The summed E-state index contributed by atoms with van der Waals surface area (Å²) in [5.74, 6) is -1.10. The molecule has 11 heavy (non-hydrogen) atoms. The summed E-state index contributed by atoms with van der Waals surface area (Å²) in [4.78, 5) is 21.3. The molecule has 1 aliphatic heterocycles. The van der Waals surface area contributed by atoms with Crippen molar-refractivity contribution in [3.63, 3.8) is 0 Å². The fourth-order valence-corrected chi connectivity index (χ4v) is 3.03. The van der Waals surface area contributed by atoms with Crippen LogP contribution in [0.3, 0.4) is 0 Å². The highest BCUT2D eigenvalue weighted by Gasteiger charge is 2.29. The van der Waals surface area contributed by atoms with Gasteiger partial charge in [0.1, 0.15) is 5.25 Å². The summed E-state index contributed by atoms with van der Waals surface area (Å²) in [6.07, 6.45) is 0. The molecule has 1 aliphatic rings. The van der Waals surface area contributed by atoms with E-state index in [0.29, 0.717) is 5.57 Å². The Balaban J connectivity index is 2.79. The molecule has 0 aromatic rings. The molecule has 4 N–H and O–H groups in total. The fraction of sp³-hybridized carbons (Fsp3) is 0.200. The number of hydrogen-bond donors (Lipinski definition) is 2. The predicted molar refractivity (Wildman–Crippen MR) is 45.4 cm³/mol. The Kier molecular flexibility index (Phi) is 2.45. The van der Waals surface area contributed by atoms with Crippen molar-refractivity contribution in [1.29, 1.82) is 0 Å². The number of amides is 2. The highest BCUT2D eigenvalue weighted by molar-refractivity contribution is 8.78. The van der Waals surface area contributed by atoms with Crippen LogP contribution in [0.4, 0.5) is 0 Å². The second-order valence-corrected chi connectivity index (χ2v) is 4.16. The van der Waals surface area contributed by atoms with E-state index in [1.165, 1.54) is 21.6 Å². The molecule has 1 atom stereocenters. The van der Waals surface area contributed by atoms with E-state index >= 15 is 0 Å². The zero-order valence-corrected chi connectivity index (χ0v) is 7.08. The molecule has 0 saturated heterocycles. The van der Waals surface area contributed by atoms with Crippen molar-refractivity contribution in [2.75, 3.05) is 0 Å². The standard InChI is InChI=1S/C5H6N2O2S2/c6-4(8)2-1-10-11-3(2)5(7)9/h1,3H,(H2,6,8)(H2,7,9). The van der Waals surface area contributed by atoms with Gasteiger partial charge in [0.25, 0.3) is 0 Å². The zero-order valence-electron chi connectivity index (χ0n) is 5.44. The molecule has 0 aromatic carbocycles. The first-order valence-electron chi connectivity index (χ1n) is 2.74. The molecule has 1 rings (SSSR count). The average molecular weight is 190 g/mol. The molecule has 2 amide bonds. The highest BCUT2D eigenvalue weighted by Crippen LogP contribution is 2.39. The number of carbonyl (C=O) groups excluding carboxylic acids is 2. The van der Waals surface area contributed by atoms with Gasteiger partial charge in [-0.15, -0.1) is 0 Å². The van der Waals surface area contributed by atoms with E-state index in [1.54, 1.807) is 5.41 Å². The average Bonchev–Trinajstić information content (AvgIpc) is 2.32. The van der Waals surface area contributed by atoms with E-state index in [9.17, 15) is 9.59 Å². The molecule has 1 heterocycles. The van der Waals surface area contributed by atoms with E-state index in [0.717, 1.165) is 0 Å². The van der Waals surface area contributed by atoms with Crippen LogP contribution in [-0.4, -0.2) is 17.1 Å². The van der Waals surface area contributed by atoms with Crippen LogP contribution in [-0.2, 0) is 9.59 Å². The normalized spacial score (nSPS) is 22.9. The molecule has 0 aromatic heterocycles. The monoisotopic (exact) mass is 190 g/mol. The molecule has 60 valence electrons. The lowest BCUT2D eigenvalue weighted by molar-refractivity contribution is -0.119. The molecule has 0 radical (unpaired) electrons. The van der Waals surface area contributed by atoms with Gasteiger partial charge in [-0.1, -0.05) is 21.6 Å². The van der Waals surface area contributed by atoms with Crippen molar-refractivity contribution in [3.8, 4) is 0 Å². The van der Waals surface area contributed by atoms with Crippen molar-refractivity contribution in [2.45, 2.75) is 5.25 Å². The summed E-state index contributed by atoms with van der Waals surface area (Å²) in [5, 5.41) is 0.986. The van der Waals surface area contributed by atoms with Gasteiger partial charge in [0, 0.05) is 5.57 Å². The number of carbonyl (C=O) groups is 2. The summed E-state index contributed by atoms with van der Waals surface area (Å²) in [5.41, 5.74) is 10.3. The van der Waals surface area contributed by atoms with Crippen LogP contribution in [0.2, 0.25) is 0 Å². The molecule has 0 fully saturated rings. The quantitative estimate of drug-likeness (QED) is 0.580. The van der Waals surface area contributed by atoms with Crippen molar-refractivity contribution >= 4 is 33.4 Å². The first-order valence-corrected chi connectivity index (χ1v) is 5.02.